The van der Waals surface area contributed by atoms with Crippen LogP contribution < -0.4 is 0 Å². The summed E-state index contributed by atoms with van der Waals surface area (Å²) in [7, 11) is 0. The van der Waals surface area contributed by atoms with Crippen molar-refractivity contribution in [1.82, 2.24) is 0 Å². The minimum Gasteiger partial charge on any atom is -0.385 e. The molecule has 7 atom stereocenters. The number of hydrogen-bond donors (Lipinski definition) is 1. The van der Waals surface area contributed by atoms with Crippen LogP contribution >= 0.6 is 11.8 Å². The van der Waals surface area contributed by atoms with E-state index in [1.54, 1.807) is 19.4 Å². The summed E-state index contributed by atoms with van der Waals surface area (Å²) in [5.74, 6) is 2.63. The number of hydrogen-bond acceptors (Lipinski definition) is 2. The Morgan fingerprint density at radius 2 is 1.91 bits per heavy atom. The maximum atomic E-state index is 14.2. The maximum absolute atomic E-state index is 14.2. The van der Waals surface area contributed by atoms with E-state index in [0.717, 1.165) is 54.6 Å². The van der Waals surface area contributed by atoms with Crippen LogP contribution in [0.2, 0.25) is 0 Å². The van der Waals surface area contributed by atoms with Gasteiger partial charge in [-0.3, -0.25) is 0 Å². The number of aliphatic hydroxyl groups is 1. The summed E-state index contributed by atoms with van der Waals surface area (Å²) in [6.45, 7) is 16.7. The number of allylic oxidation sites excluding steroid dienone is 8. The van der Waals surface area contributed by atoms with Crippen LogP contribution in [-0.2, 0) is 0 Å². The molecule has 0 aliphatic heterocycles. The zero-order valence-corrected chi connectivity index (χ0v) is 22.9. The van der Waals surface area contributed by atoms with Crippen molar-refractivity contribution in [3.63, 3.8) is 0 Å². The van der Waals surface area contributed by atoms with Gasteiger partial charge < -0.3 is 5.11 Å². The van der Waals surface area contributed by atoms with E-state index < -0.39 is 11.3 Å². The first-order valence-electron chi connectivity index (χ1n) is 13.6. The van der Waals surface area contributed by atoms with Crippen molar-refractivity contribution in [3.8, 4) is 0 Å². The van der Waals surface area contributed by atoms with Crippen molar-refractivity contribution in [3.05, 3.63) is 71.9 Å². The highest BCUT2D eigenvalue weighted by Crippen LogP contribution is 2.68. The van der Waals surface area contributed by atoms with Gasteiger partial charge in [0, 0.05) is 21.8 Å². The number of fused-ring (bicyclic) bond motifs is 5. The molecule has 1 nitrogen and oxygen atoms in total. The van der Waals surface area contributed by atoms with Crippen molar-refractivity contribution in [2.45, 2.75) is 89.2 Å². The van der Waals surface area contributed by atoms with Crippen molar-refractivity contribution >= 4 is 11.8 Å². The number of halogens is 1. The highest BCUT2D eigenvalue weighted by atomic mass is 32.2. The third-order valence-electron chi connectivity index (χ3n) is 10.6. The number of thioether (sulfide) groups is 1. The molecule has 0 spiro atoms. The molecule has 5 aliphatic rings. The first kappa shape index (κ1) is 25.3. The fraction of sp³-hybridized carbons (Fsp3) is 0.625. The average Bonchev–Trinajstić information content (AvgIpc) is 3.09. The van der Waals surface area contributed by atoms with Gasteiger partial charge in [-0.05, 0) is 93.3 Å². The van der Waals surface area contributed by atoms with Gasteiger partial charge in [0.15, 0.2) is 0 Å². The molecule has 0 aromatic carbocycles. The van der Waals surface area contributed by atoms with Crippen LogP contribution in [0.15, 0.2) is 71.9 Å². The molecule has 0 aromatic heterocycles. The summed E-state index contributed by atoms with van der Waals surface area (Å²) in [6, 6.07) is 0. The van der Waals surface area contributed by atoms with Crippen LogP contribution in [0.25, 0.3) is 0 Å². The Hall–Kier alpha value is -1.32. The molecular weight excluding hydrogens is 451 g/mol. The first-order chi connectivity index (χ1) is 16.4. The molecule has 35 heavy (non-hydrogen) atoms. The van der Waals surface area contributed by atoms with E-state index in [2.05, 4.69) is 51.3 Å². The van der Waals surface area contributed by atoms with E-state index >= 15 is 0 Å². The molecule has 6 unspecified atom stereocenters. The second-order valence-electron chi connectivity index (χ2n) is 12.8. The minimum absolute atomic E-state index is 0.0981. The Bertz CT molecular complexity index is 1040. The third kappa shape index (κ3) is 4.00. The smallest absolute Gasteiger partial charge is 0.130 e. The maximum Gasteiger partial charge on any atom is 0.130 e. The van der Waals surface area contributed by atoms with E-state index in [4.69, 9.17) is 0 Å². The number of alkyl halides is 1. The van der Waals surface area contributed by atoms with E-state index in [9.17, 15) is 9.50 Å². The molecule has 3 fully saturated rings. The Morgan fingerprint density at radius 3 is 2.60 bits per heavy atom. The predicted molar refractivity (Wildman–Crippen MR) is 148 cm³/mol. The van der Waals surface area contributed by atoms with Gasteiger partial charge in [-0.1, -0.05) is 69.0 Å². The lowest BCUT2D eigenvalue weighted by atomic mass is 9.47. The molecule has 5 aliphatic carbocycles. The Kier molecular flexibility index (Phi) is 6.24. The van der Waals surface area contributed by atoms with Crippen LogP contribution in [0.4, 0.5) is 4.39 Å². The fourth-order valence-electron chi connectivity index (χ4n) is 8.36. The van der Waals surface area contributed by atoms with Crippen LogP contribution in [0.1, 0.15) is 72.6 Å². The van der Waals surface area contributed by atoms with Gasteiger partial charge in [0.25, 0.3) is 0 Å². The lowest BCUT2D eigenvalue weighted by Gasteiger charge is -2.58. The fourth-order valence-corrected chi connectivity index (χ4v) is 9.44. The Balaban J connectivity index is 1.28. The van der Waals surface area contributed by atoms with Crippen molar-refractivity contribution in [2.24, 2.45) is 28.6 Å². The molecule has 1 N–H and O–H groups in total. The van der Waals surface area contributed by atoms with Gasteiger partial charge in [-0.15, -0.1) is 11.8 Å². The standard InChI is InChI=1S/C32H43FOS/c1-21-13-16-30(5)24(19-21)9-12-26-27(30)14-17-31(6)28(26)15-18-32(31,34)22(2)20-35-25-10-7-23(8-11-25)29(3,4)33/h7-8,10,13,16,19,25-28,34H,1-2,9,11-12,14-15,17-18,20H2,3-6H3/t25?,26?,27?,28?,30?,31?,32-/m0/s1. The zero-order chi connectivity index (χ0) is 25.2. The van der Waals surface area contributed by atoms with Gasteiger partial charge in [-0.2, -0.15) is 0 Å². The van der Waals surface area contributed by atoms with E-state index in [1.165, 1.54) is 12.8 Å². The highest BCUT2D eigenvalue weighted by Gasteiger charge is 2.64. The van der Waals surface area contributed by atoms with Gasteiger partial charge in [0.05, 0.1) is 5.60 Å². The first-order valence-corrected chi connectivity index (χ1v) is 14.6. The SMILES string of the molecule is C=C1C=CC2(C)C(=C1)CCC1C2CCC2(C)C1CC[C@]2(O)C(=C)CSC1C=CC(C(C)(C)F)=CC1. The Labute approximate surface area is 216 Å². The summed E-state index contributed by atoms with van der Waals surface area (Å²) < 4.78 is 14.2. The van der Waals surface area contributed by atoms with Gasteiger partial charge in [0.2, 0.25) is 0 Å². The topological polar surface area (TPSA) is 20.2 Å². The quantitative estimate of drug-likeness (QED) is 0.388. The van der Waals surface area contributed by atoms with Crippen molar-refractivity contribution in [1.29, 1.82) is 0 Å². The summed E-state index contributed by atoms with van der Waals surface area (Å²) >= 11 is 1.84. The molecule has 190 valence electrons. The minimum atomic E-state index is -1.29. The number of rotatable bonds is 5. The molecule has 0 amide bonds. The average molecular weight is 495 g/mol. The van der Waals surface area contributed by atoms with E-state index in [0.29, 0.717) is 23.0 Å². The summed E-state index contributed by atoms with van der Waals surface area (Å²) in [5, 5.41) is 12.5. The van der Waals surface area contributed by atoms with Crippen LogP contribution in [0, 0.1) is 28.6 Å². The molecule has 0 saturated heterocycles. The zero-order valence-electron chi connectivity index (χ0n) is 22.1. The van der Waals surface area contributed by atoms with Gasteiger partial charge in [0.1, 0.15) is 5.67 Å². The third-order valence-corrected chi connectivity index (χ3v) is 11.9. The van der Waals surface area contributed by atoms with Crippen molar-refractivity contribution < 1.29 is 9.50 Å². The summed E-state index contributed by atoms with van der Waals surface area (Å²) in [5.41, 5.74) is 2.44. The second kappa shape index (κ2) is 8.62. The Morgan fingerprint density at radius 1 is 1.17 bits per heavy atom. The molecule has 0 heterocycles. The van der Waals surface area contributed by atoms with E-state index in [-0.39, 0.29) is 10.8 Å². The molecule has 0 radical (unpaired) electrons. The van der Waals surface area contributed by atoms with Crippen molar-refractivity contribution in [2.75, 3.05) is 5.75 Å². The normalized spacial score (nSPS) is 42.6. The van der Waals surface area contributed by atoms with Crippen LogP contribution in [-0.4, -0.2) is 27.4 Å². The predicted octanol–water partition coefficient (Wildman–Crippen LogP) is 8.30. The monoisotopic (exact) mass is 494 g/mol. The van der Waals surface area contributed by atoms with Crippen LogP contribution in [0.5, 0.6) is 0 Å². The lowest BCUT2D eigenvalue weighted by molar-refractivity contribution is -0.101. The molecule has 0 bridgehead atoms. The summed E-state index contributed by atoms with van der Waals surface area (Å²) in [4.78, 5) is 0. The van der Waals surface area contributed by atoms with Gasteiger partial charge >= 0.3 is 0 Å². The second-order valence-corrected chi connectivity index (χ2v) is 14.0. The molecule has 0 aromatic rings. The van der Waals surface area contributed by atoms with E-state index in [1.807, 2.05) is 23.9 Å². The van der Waals surface area contributed by atoms with Crippen LogP contribution in [0.3, 0.4) is 0 Å². The largest absolute Gasteiger partial charge is 0.385 e. The molecule has 5 rings (SSSR count). The van der Waals surface area contributed by atoms with Gasteiger partial charge in [-0.25, -0.2) is 4.39 Å². The lowest BCUT2D eigenvalue weighted by Crippen LogP contribution is -2.55. The summed E-state index contributed by atoms with van der Waals surface area (Å²) in [6.07, 6.45) is 20.5. The molecular formula is C32H43FOS. The molecule has 3 heteroatoms. The highest BCUT2D eigenvalue weighted by molar-refractivity contribution is 8.00. The molecule has 3 saturated carbocycles.